The van der Waals surface area contributed by atoms with Gasteiger partial charge in [-0.15, -0.1) is 0 Å². The smallest absolute Gasteiger partial charge is 0.280 e. The predicted molar refractivity (Wildman–Crippen MR) is 122 cm³/mol. The van der Waals surface area contributed by atoms with E-state index in [0.717, 1.165) is 0 Å². The summed E-state index contributed by atoms with van der Waals surface area (Å²) in [5.74, 6) is -1.29. The first-order valence-electron chi connectivity index (χ1n) is 9.81. The minimum absolute atomic E-state index is 0.0648. The topological polar surface area (TPSA) is 136 Å². The summed E-state index contributed by atoms with van der Waals surface area (Å²) in [6.45, 7) is 1.70. The van der Waals surface area contributed by atoms with Crippen LogP contribution in [0.2, 0.25) is 0 Å². The van der Waals surface area contributed by atoms with E-state index >= 15 is 0 Å². The Balaban J connectivity index is 1.51. The summed E-state index contributed by atoms with van der Waals surface area (Å²) in [6.07, 6.45) is 2.79. The van der Waals surface area contributed by atoms with Crippen LogP contribution in [0.1, 0.15) is 16.2 Å². The number of benzene rings is 2. The number of carbonyl (C=O) groups excluding carboxylic acids is 1. The minimum atomic E-state index is -3.95. The zero-order valence-electron chi connectivity index (χ0n) is 17.6. The highest BCUT2D eigenvalue weighted by Crippen LogP contribution is 2.17. The van der Waals surface area contributed by atoms with Gasteiger partial charge in [0.05, 0.1) is 10.6 Å². The number of hydrogen-bond donors (Lipinski definition) is 2. The third-order valence-corrected chi connectivity index (χ3v) is 5.90. The second-order valence-corrected chi connectivity index (χ2v) is 8.74. The first-order chi connectivity index (χ1) is 16.2. The van der Waals surface area contributed by atoms with Gasteiger partial charge >= 0.3 is 0 Å². The minimum Gasteiger partial charge on any atom is -0.320 e. The Labute approximate surface area is 193 Å². The van der Waals surface area contributed by atoms with Crippen LogP contribution in [0.15, 0.2) is 82.7 Å². The Bertz CT molecular complexity index is 1520. The average molecular weight is 480 g/mol. The lowest BCUT2D eigenvalue weighted by Gasteiger charge is -2.09. The first-order valence-corrected chi connectivity index (χ1v) is 11.3. The Morgan fingerprint density at radius 1 is 1.00 bits per heavy atom. The van der Waals surface area contributed by atoms with Crippen LogP contribution in [0.3, 0.4) is 0 Å². The van der Waals surface area contributed by atoms with E-state index in [2.05, 4.69) is 25.1 Å². The molecule has 10 nitrogen and oxygen atoms in total. The number of sulfonamides is 1. The highest BCUT2D eigenvalue weighted by atomic mass is 32.2. The Kier molecular flexibility index (Phi) is 6.15. The molecule has 0 aliphatic rings. The van der Waals surface area contributed by atoms with E-state index in [1.807, 2.05) is 0 Å². The lowest BCUT2D eigenvalue weighted by atomic mass is 10.3. The Hall–Kier alpha value is -4.45. The molecule has 0 saturated heterocycles. The molecular weight excluding hydrogens is 463 g/mol. The van der Waals surface area contributed by atoms with Crippen LogP contribution in [0.25, 0.3) is 5.69 Å². The van der Waals surface area contributed by atoms with E-state index in [1.165, 1.54) is 71.7 Å². The van der Waals surface area contributed by atoms with Crippen molar-refractivity contribution in [2.75, 3.05) is 10.0 Å². The zero-order valence-corrected chi connectivity index (χ0v) is 18.5. The van der Waals surface area contributed by atoms with Gasteiger partial charge in [-0.1, -0.05) is 0 Å². The summed E-state index contributed by atoms with van der Waals surface area (Å²) in [6, 6.07) is 13.4. The Morgan fingerprint density at radius 3 is 2.38 bits per heavy atom. The number of hydrogen-bond acceptors (Lipinski definition) is 7. The van der Waals surface area contributed by atoms with Crippen molar-refractivity contribution in [1.29, 1.82) is 0 Å². The Morgan fingerprint density at radius 2 is 1.71 bits per heavy atom. The molecule has 34 heavy (non-hydrogen) atoms. The average Bonchev–Trinajstić information content (AvgIpc) is 2.80. The van der Waals surface area contributed by atoms with E-state index in [9.17, 15) is 22.4 Å². The van der Waals surface area contributed by atoms with E-state index in [4.69, 9.17) is 0 Å². The lowest BCUT2D eigenvalue weighted by Crippen LogP contribution is -2.25. The van der Waals surface area contributed by atoms with Gasteiger partial charge in [0.25, 0.3) is 15.9 Å². The fourth-order valence-electron chi connectivity index (χ4n) is 2.89. The monoisotopic (exact) mass is 480 g/mol. The van der Waals surface area contributed by atoms with Crippen molar-refractivity contribution < 1.29 is 17.6 Å². The van der Waals surface area contributed by atoms with Crippen molar-refractivity contribution in [2.24, 2.45) is 0 Å². The second kappa shape index (κ2) is 9.19. The van der Waals surface area contributed by atoms with Gasteiger partial charge in [0.2, 0.25) is 11.4 Å². The van der Waals surface area contributed by atoms with Crippen molar-refractivity contribution >= 4 is 27.6 Å². The molecule has 2 aromatic carbocycles. The summed E-state index contributed by atoms with van der Waals surface area (Å²) >= 11 is 0. The molecule has 1 amide bonds. The number of halogens is 1. The van der Waals surface area contributed by atoms with Crippen LogP contribution < -0.4 is 15.5 Å². The van der Waals surface area contributed by atoms with E-state index in [-0.39, 0.29) is 22.2 Å². The van der Waals surface area contributed by atoms with Gasteiger partial charge in [0.15, 0.2) is 5.69 Å². The van der Waals surface area contributed by atoms with Crippen molar-refractivity contribution in [3.05, 3.63) is 100 Å². The van der Waals surface area contributed by atoms with E-state index < -0.39 is 27.2 Å². The van der Waals surface area contributed by atoms with Crippen LogP contribution >= 0.6 is 0 Å². The largest absolute Gasteiger partial charge is 0.320 e. The van der Waals surface area contributed by atoms with E-state index in [1.54, 1.807) is 13.0 Å². The fraction of sp³-hybridized carbons (Fsp3) is 0.0455. The quantitative estimate of drug-likeness (QED) is 0.433. The summed E-state index contributed by atoms with van der Waals surface area (Å²) in [4.78, 5) is 32.6. The van der Waals surface area contributed by atoms with Crippen molar-refractivity contribution in [3.63, 3.8) is 0 Å². The molecule has 12 heteroatoms. The fourth-order valence-corrected chi connectivity index (χ4v) is 3.84. The van der Waals surface area contributed by atoms with Gasteiger partial charge in [-0.3, -0.25) is 9.59 Å². The molecule has 2 aromatic heterocycles. The number of amides is 1. The van der Waals surface area contributed by atoms with Crippen LogP contribution in [0, 0.1) is 12.7 Å². The summed E-state index contributed by atoms with van der Waals surface area (Å²) in [5.41, 5.74) is 0.294. The number of carbonyl (C=O) groups is 1. The second-order valence-electron chi connectivity index (χ2n) is 7.06. The maximum Gasteiger partial charge on any atom is 0.280 e. The first kappa shape index (κ1) is 22.7. The molecule has 172 valence electrons. The van der Waals surface area contributed by atoms with Gasteiger partial charge < -0.3 is 5.32 Å². The van der Waals surface area contributed by atoms with Gasteiger partial charge in [-0.25, -0.2) is 32.2 Å². The molecule has 2 N–H and O–H groups in total. The molecule has 2 heterocycles. The molecule has 0 aliphatic carbocycles. The van der Waals surface area contributed by atoms with Crippen molar-refractivity contribution in [3.8, 4) is 5.69 Å². The standard InChI is InChI=1S/C22H17FN6O4S/c1-14-10-12-24-22(25-14)28-34(32,33)18-8-4-16(5-9-18)26-21(31)20-19(30)11-13-29(27-20)17-6-2-15(23)3-7-17/h2-13H,1H3,(H,26,31)(H,24,25,28). The molecule has 0 spiro atoms. The molecular formula is C22H17FN6O4S. The molecule has 0 fully saturated rings. The van der Waals surface area contributed by atoms with Gasteiger partial charge in [0.1, 0.15) is 5.82 Å². The number of nitrogens with zero attached hydrogens (tertiary/aromatic N) is 4. The van der Waals surface area contributed by atoms with Crippen LogP contribution in [-0.4, -0.2) is 34.1 Å². The molecule has 0 atom stereocenters. The molecule has 0 unspecified atom stereocenters. The number of nitrogens with one attached hydrogen (secondary N) is 2. The van der Waals surface area contributed by atoms with Crippen LogP contribution in [0.4, 0.5) is 16.0 Å². The molecule has 0 aliphatic heterocycles. The SMILES string of the molecule is Cc1ccnc(NS(=O)(=O)c2ccc(NC(=O)c3nn(-c4ccc(F)cc4)ccc3=O)cc2)n1. The van der Waals surface area contributed by atoms with Gasteiger partial charge in [-0.05, 0) is 61.5 Å². The highest BCUT2D eigenvalue weighted by Gasteiger charge is 2.17. The maximum absolute atomic E-state index is 13.2. The van der Waals surface area contributed by atoms with Gasteiger partial charge in [0, 0.05) is 29.8 Å². The van der Waals surface area contributed by atoms with Crippen molar-refractivity contribution in [1.82, 2.24) is 19.7 Å². The van der Waals surface area contributed by atoms with Crippen LogP contribution in [0.5, 0.6) is 0 Å². The summed E-state index contributed by atoms with van der Waals surface area (Å²) in [5, 5.41) is 6.54. The number of aromatic nitrogens is 4. The zero-order chi connectivity index (χ0) is 24.3. The number of rotatable bonds is 6. The van der Waals surface area contributed by atoms with Crippen molar-refractivity contribution in [2.45, 2.75) is 11.8 Å². The van der Waals surface area contributed by atoms with E-state index in [0.29, 0.717) is 11.4 Å². The normalized spacial score (nSPS) is 11.1. The number of anilines is 2. The molecule has 0 bridgehead atoms. The summed E-state index contributed by atoms with van der Waals surface area (Å²) in [7, 11) is -3.95. The molecule has 0 saturated carbocycles. The molecule has 4 aromatic rings. The van der Waals surface area contributed by atoms with Gasteiger partial charge in [-0.2, -0.15) is 5.10 Å². The third kappa shape index (κ3) is 5.13. The third-order valence-electron chi connectivity index (χ3n) is 4.56. The number of aryl methyl sites for hydroxylation is 1. The summed E-state index contributed by atoms with van der Waals surface area (Å²) < 4.78 is 41.8. The molecule has 0 radical (unpaired) electrons. The molecule has 4 rings (SSSR count). The maximum atomic E-state index is 13.2. The predicted octanol–water partition coefficient (Wildman–Crippen LogP) is 2.52. The van der Waals surface area contributed by atoms with Crippen LogP contribution in [-0.2, 0) is 10.0 Å². The lowest BCUT2D eigenvalue weighted by molar-refractivity contribution is 0.101. The highest BCUT2D eigenvalue weighted by molar-refractivity contribution is 7.92.